The summed E-state index contributed by atoms with van der Waals surface area (Å²) in [6.07, 6.45) is 9.35. The Kier molecular flexibility index (Phi) is 5.98. The highest BCUT2D eigenvalue weighted by Crippen LogP contribution is 2.64. The number of aryl methyl sites for hydroxylation is 1. The van der Waals surface area contributed by atoms with E-state index >= 15 is 0 Å². The number of hydrogen-bond acceptors (Lipinski definition) is 4. The molecule has 206 valence electrons. The number of ether oxygens (including phenoxy) is 1. The molecule has 5 heteroatoms. The summed E-state index contributed by atoms with van der Waals surface area (Å²) >= 11 is 0. The molecule has 5 aliphatic rings. The number of piperidine rings is 1. The molecule has 2 aromatic rings. The highest BCUT2D eigenvalue weighted by atomic mass is 16.5. The van der Waals surface area contributed by atoms with Crippen LogP contribution in [0, 0.1) is 18.8 Å². The minimum Gasteiger partial charge on any atom is -0.487 e. The smallest absolute Gasteiger partial charge is 0.246 e. The predicted molar refractivity (Wildman–Crippen MR) is 154 cm³/mol. The van der Waals surface area contributed by atoms with Crippen molar-refractivity contribution >= 4 is 12.0 Å². The maximum absolute atomic E-state index is 13.9. The number of carbonyl (C=O) groups is 1. The second kappa shape index (κ2) is 9.21. The van der Waals surface area contributed by atoms with Gasteiger partial charge in [0.15, 0.2) is 0 Å². The summed E-state index contributed by atoms with van der Waals surface area (Å²) in [6, 6.07) is 14.8. The molecule has 2 bridgehead atoms. The van der Waals surface area contributed by atoms with E-state index in [2.05, 4.69) is 60.9 Å². The molecule has 5 nitrogen and oxygen atoms in total. The topological polar surface area (TPSA) is 53.0 Å². The van der Waals surface area contributed by atoms with Gasteiger partial charge in [0.2, 0.25) is 5.91 Å². The van der Waals surface area contributed by atoms with Crippen molar-refractivity contribution in [2.75, 3.05) is 19.6 Å². The Bertz CT molecular complexity index is 1320. The van der Waals surface area contributed by atoms with Crippen LogP contribution in [0.15, 0.2) is 48.5 Å². The van der Waals surface area contributed by atoms with E-state index in [0.717, 1.165) is 49.6 Å². The van der Waals surface area contributed by atoms with Gasteiger partial charge in [0.05, 0.1) is 17.1 Å². The first-order valence-corrected chi connectivity index (χ1v) is 15.1. The average molecular weight is 527 g/mol. The molecular formula is C34H42N2O3. The van der Waals surface area contributed by atoms with Crippen LogP contribution in [0.25, 0.3) is 6.08 Å². The number of nitrogens with zero attached hydrogens (tertiary/aromatic N) is 2. The van der Waals surface area contributed by atoms with E-state index in [0.29, 0.717) is 18.9 Å². The first kappa shape index (κ1) is 25.3. The monoisotopic (exact) mass is 526 g/mol. The maximum Gasteiger partial charge on any atom is 0.246 e. The van der Waals surface area contributed by atoms with Crippen molar-refractivity contribution in [1.29, 1.82) is 0 Å². The van der Waals surface area contributed by atoms with Crippen molar-refractivity contribution in [2.24, 2.45) is 11.8 Å². The van der Waals surface area contributed by atoms with Gasteiger partial charge >= 0.3 is 0 Å². The van der Waals surface area contributed by atoms with E-state index in [9.17, 15) is 9.90 Å². The molecule has 0 aromatic heterocycles. The molecule has 1 spiro atoms. The Morgan fingerprint density at radius 3 is 2.77 bits per heavy atom. The van der Waals surface area contributed by atoms with Crippen LogP contribution >= 0.6 is 0 Å². The molecule has 1 saturated heterocycles. The lowest BCUT2D eigenvalue weighted by Crippen LogP contribution is -2.78. The third kappa shape index (κ3) is 3.91. The van der Waals surface area contributed by atoms with Crippen molar-refractivity contribution < 1.29 is 14.6 Å². The third-order valence-electron chi connectivity index (χ3n) is 10.3. The van der Waals surface area contributed by atoms with Gasteiger partial charge in [-0.3, -0.25) is 9.69 Å². The Labute approximate surface area is 232 Å². The van der Waals surface area contributed by atoms with Gasteiger partial charge in [-0.2, -0.15) is 0 Å². The maximum atomic E-state index is 13.9. The molecule has 2 saturated carbocycles. The number of benzene rings is 2. The van der Waals surface area contributed by atoms with Gasteiger partial charge in [-0.15, -0.1) is 0 Å². The molecule has 2 aliphatic heterocycles. The largest absolute Gasteiger partial charge is 0.487 e. The first-order chi connectivity index (χ1) is 18.8. The van der Waals surface area contributed by atoms with Crippen LogP contribution in [0.4, 0.5) is 0 Å². The van der Waals surface area contributed by atoms with Crippen molar-refractivity contribution in [3.05, 3.63) is 70.8 Å². The molecule has 3 fully saturated rings. The summed E-state index contributed by atoms with van der Waals surface area (Å²) in [5, 5.41) is 12.8. The fourth-order valence-electron chi connectivity index (χ4n) is 8.56. The summed E-state index contributed by atoms with van der Waals surface area (Å²) in [7, 11) is 0. The van der Waals surface area contributed by atoms with Gasteiger partial charge in [0.25, 0.3) is 0 Å². The van der Waals surface area contributed by atoms with Crippen LogP contribution in [0.3, 0.4) is 0 Å². The van der Waals surface area contributed by atoms with Crippen LogP contribution in [0.2, 0.25) is 0 Å². The summed E-state index contributed by atoms with van der Waals surface area (Å²) < 4.78 is 6.88. The zero-order valence-corrected chi connectivity index (χ0v) is 23.6. The van der Waals surface area contributed by atoms with E-state index < -0.39 is 11.0 Å². The summed E-state index contributed by atoms with van der Waals surface area (Å²) in [4.78, 5) is 18.6. The highest BCUT2D eigenvalue weighted by molar-refractivity contribution is 5.92. The van der Waals surface area contributed by atoms with Crippen LogP contribution in [-0.2, 0) is 16.6 Å². The second-order valence-corrected chi connectivity index (χ2v) is 13.4. The van der Waals surface area contributed by atoms with Gasteiger partial charge in [0, 0.05) is 30.8 Å². The molecule has 2 aromatic carbocycles. The van der Waals surface area contributed by atoms with E-state index in [1.165, 1.54) is 29.5 Å². The Morgan fingerprint density at radius 1 is 1.18 bits per heavy atom. The minimum atomic E-state index is -0.829. The molecule has 5 atom stereocenters. The SMILES string of the molecule is Cc1cccc(C=CC(=O)N(CC(C)C)[C@H]2CC[C@@]3(O)[C@H]4Cc5cccc6c5[C@@]3(CCN4CC3CC3)[C@H]2O6)c1. The molecule has 1 N–H and O–H groups in total. The standard InChI is InChI=1S/C34H42N2O3/c1-22(2)20-36(30(37)13-12-24-7-4-6-23(3)18-24)27-14-15-34(38)29-19-26-8-5-9-28-31(26)33(34,32(27)39-28)16-17-35(29)21-25-10-11-25/h4-9,12-13,18,22,25,27,29,32,38H,10-11,14-17,19-21H2,1-3H3/t27-,29+,32-,33-,34+/m0/s1. The fraction of sp³-hybridized carbons (Fsp3) is 0.559. The molecule has 0 unspecified atom stereocenters. The van der Waals surface area contributed by atoms with Crippen molar-refractivity contribution in [3.8, 4) is 5.75 Å². The quantitative estimate of drug-likeness (QED) is 0.509. The zero-order chi connectivity index (χ0) is 26.9. The number of likely N-dealkylation sites (tertiary alicyclic amines) is 1. The van der Waals surface area contributed by atoms with Crippen LogP contribution in [-0.4, -0.2) is 64.2 Å². The van der Waals surface area contributed by atoms with E-state index in [1.54, 1.807) is 6.08 Å². The van der Waals surface area contributed by atoms with Crippen LogP contribution in [0.5, 0.6) is 5.75 Å². The van der Waals surface area contributed by atoms with Gasteiger partial charge in [-0.25, -0.2) is 0 Å². The first-order valence-electron chi connectivity index (χ1n) is 15.1. The van der Waals surface area contributed by atoms with E-state index in [4.69, 9.17) is 4.74 Å². The molecule has 3 aliphatic carbocycles. The van der Waals surface area contributed by atoms with Crippen LogP contribution < -0.4 is 4.74 Å². The molecule has 2 heterocycles. The molecular weight excluding hydrogens is 484 g/mol. The lowest BCUT2D eigenvalue weighted by atomic mass is 9.48. The lowest BCUT2D eigenvalue weighted by molar-refractivity contribution is -0.201. The van der Waals surface area contributed by atoms with E-state index in [-0.39, 0.29) is 24.1 Å². The van der Waals surface area contributed by atoms with E-state index in [1.807, 2.05) is 18.2 Å². The molecule has 0 radical (unpaired) electrons. The molecule has 7 rings (SSSR count). The Balaban J connectivity index is 1.26. The summed E-state index contributed by atoms with van der Waals surface area (Å²) in [5.74, 6) is 2.10. The summed E-state index contributed by atoms with van der Waals surface area (Å²) in [5.41, 5.74) is 3.52. The fourth-order valence-corrected chi connectivity index (χ4v) is 8.56. The third-order valence-corrected chi connectivity index (χ3v) is 10.3. The van der Waals surface area contributed by atoms with Gasteiger partial charge < -0.3 is 14.7 Å². The second-order valence-electron chi connectivity index (χ2n) is 13.4. The zero-order valence-electron chi connectivity index (χ0n) is 23.6. The number of hydrogen-bond donors (Lipinski definition) is 1. The van der Waals surface area contributed by atoms with Crippen LogP contribution in [0.1, 0.15) is 68.2 Å². The average Bonchev–Trinajstić information content (AvgIpc) is 3.65. The highest BCUT2D eigenvalue weighted by Gasteiger charge is 2.73. The van der Waals surface area contributed by atoms with Gasteiger partial charge in [0.1, 0.15) is 11.9 Å². The molecule has 1 amide bonds. The number of rotatable bonds is 7. The van der Waals surface area contributed by atoms with Gasteiger partial charge in [-0.1, -0.05) is 55.8 Å². The minimum absolute atomic E-state index is 0.0374. The normalized spacial score (nSPS) is 32.8. The summed E-state index contributed by atoms with van der Waals surface area (Å²) in [6.45, 7) is 9.21. The number of carbonyl (C=O) groups excluding carboxylic acids is 1. The lowest BCUT2D eigenvalue weighted by Gasteiger charge is -2.65. The Morgan fingerprint density at radius 2 is 2.00 bits per heavy atom. The number of aliphatic hydroxyl groups is 1. The Hall–Kier alpha value is -2.63. The number of amides is 1. The van der Waals surface area contributed by atoms with Crippen molar-refractivity contribution in [2.45, 2.75) is 88.5 Å². The van der Waals surface area contributed by atoms with Gasteiger partial charge in [-0.05, 0) is 87.1 Å². The predicted octanol–water partition coefficient (Wildman–Crippen LogP) is 5.13. The van der Waals surface area contributed by atoms with Crippen molar-refractivity contribution in [1.82, 2.24) is 9.80 Å². The molecule has 39 heavy (non-hydrogen) atoms. The van der Waals surface area contributed by atoms with Crippen molar-refractivity contribution in [3.63, 3.8) is 0 Å².